The maximum absolute atomic E-state index is 13.4. The maximum atomic E-state index is 13.4. The first-order chi connectivity index (χ1) is 9.99. The number of benzene rings is 1. The van der Waals surface area contributed by atoms with Crippen molar-refractivity contribution in [3.63, 3.8) is 0 Å². The van der Waals surface area contributed by atoms with E-state index < -0.39 is 11.6 Å². The van der Waals surface area contributed by atoms with Gasteiger partial charge in [0.25, 0.3) is 0 Å². The Labute approximate surface area is 126 Å². The summed E-state index contributed by atoms with van der Waals surface area (Å²) in [5.74, 6) is -0.282. The molecule has 0 heterocycles. The molecular weight excluding hydrogens is 270 g/mol. The van der Waals surface area contributed by atoms with Gasteiger partial charge < -0.3 is 5.73 Å². The van der Waals surface area contributed by atoms with Gasteiger partial charge in [-0.15, -0.1) is 0 Å². The van der Waals surface area contributed by atoms with Crippen molar-refractivity contribution in [3.8, 4) is 0 Å². The van der Waals surface area contributed by atoms with E-state index in [1.807, 2.05) is 0 Å². The highest BCUT2D eigenvalue weighted by atomic mass is 19.1. The molecule has 1 aliphatic carbocycles. The van der Waals surface area contributed by atoms with Crippen LogP contribution >= 0.6 is 0 Å². The van der Waals surface area contributed by atoms with E-state index in [0.717, 1.165) is 31.4 Å². The summed E-state index contributed by atoms with van der Waals surface area (Å²) in [4.78, 5) is 2.30. The van der Waals surface area contributed by atoms with Crippen molar-refractivity contribution in [2.75, 3.05) is 13.1 Å². The molecule has 2 rings (SSSR count). The molecule has 0 aromatic heterocycles. The fourth-order valence-corrected chi connectivity index (χ4v) is 3.49. The molecule has 0 radical (unpaired) electrons. The molecule has 0 aliphatic heterocycles. The van der Waals surface area contributed by atoms with Crippen LogP contribution in [0.3, 0.4) is 0 Å². The largest absolute Gasteiger partial charge is 0.329 e. The molecule has 0 spiro atoms. The van der Waals surface area contributed by atoms with Crippen molar-refractivity contribution in [3.05, 3.63) is 35.4 Å². The number of nitrogens with zero attached hydrogens (tertiary/aromatic N) is 1. The lowest BCUT2D eigenvalue weighted by Crippen LogP contribution is -2.55. The quantitative estimate of drug-likeness (QED) is 0.898. The summed E-state index contributed by atoms with van der Waals surface area (Å²) in [5, 5.41) is 0. The molecule has 0 saturated heterocycles. The smallest absolute Gasteiger partial charge is 0.126 e. The lowest BCUT2D eigenvalue weighted by atomic mass is 9.76. The van der Waals surface area contributed by atoms with E-state index in [4.69, 9.17) is 5.73 Å². The fraction of sp³-hybridized carbons (Fsp3) is 0.647. The van der Waals surface area contributed by atoms with Crippen molar-refractivity contribution < 1.29 is 8.78 Å². The SMILES string of the molecule is CCN(Cc1cc(F)cc(F)c1)C1(CN)CCC(C)CC1. The molecule has 1 aromatic carbocycles. The first kappa shape index (κ1) is 16.4. The zero-order chi connectivity index (χ0) is 15.5. The summed E-state index contributed by atoms with van der Waals surface area (Å²) in [7, 11) is 0. The van der Waals surface area contributed by atoms with Gasteiger partial charge in [0.1, 0.15) is 11.6 Å². The second kappa shape index (κ2) is 6.84. The van der Waals surface area contributed by atoms with Crippen molar-refractivity contribution in [1.29, 1.82) is 0 Å². The van der Waals surface area contributed by atoms with Crippen molar-refractivity contribution in [2.45, 2.75) is 51.6 Å². The lowest BCUT2D eigenvalue weighted by Gasteiger charge is -2.47. The Morgan fingerprint density at radius 1 is 1.19 bits per heavy atom. The average Bonchev–Trinajstić information content (AvgIpc) is 2.45. The van der Waals surface area contributed by atoms with Gasteiger partial charge in [0.15, 0.2) is 0 Å². The van der Waals surface area contributed by atoms with E-state index in [1.165, 1.54) is 25.0 Å². The van der Waals surface area contributed by atoms with Crippen molar-refractivity contribution >= 4 is 0 Å². The Morgan fingerprint density at radius 2 is 1.76 bits per heavy atom. The number of nitrogens with two attached hydrogens (primary N) is 1. The highest BCUT2D eigenvalue weighted by molar-refractivity contribution is 5.18. The number of halogens is 2. The topological polar surface area (TPSA) is 29.3 Å². The Morgan fingerprint density at radius 3 is 2.24 bits per heavy atom. The molecule has 0 amide bonds. The minimum Gasteiger partial charge on any atom is -0.329 e. The minimum absolute atomic E-state index is 0.0238. The second-order valence-corrected chi connectivity index (χ2v) is 6.40. The van der Waals surface area contributed by atoms with E-state index >= 15 is 0 Å². The first-order valence-corrected chi connectivity index (χ1v) is 7.89. The Hall–Kier alpha value is -1.00. The normalized spacial score (nSPS) is 26.3. The highest BCUT2D eigenvalue weighted by Crippen LogP contribution is 2.36. The molecule has 4 heteroatoms. The first-order valence-electron chi connectivity index (χ1n) is 7.89. The predicted molar refractivity (Wildman–Crippen MR) is 81.9 cm³/mol. The van der Waals surface area contributed by atoms with Gasteiger partial charge in [-0.3, -0.25) is 4.90 Å². The number of hydrogen-bond acceptors (Lipinski definition) is 2. The molecule has 1 fully saturated rings. The molecule has 0 atom stereocenters. The molecule has 1 saturated carbocycles. The van der Waals surface area contributed by atoms with Crippen LogP contribution in [0.4, 0.5) is 8.78 Å². The van der Waals surface area contributed by atoms with Crippen LogP contribution in [0.2, 0.25) is 0 Å². The Kier molecular flexibility index (Phi) is 5.33. The zero-order valence-corrected chi connectivity index (χ0v) is 13.0. The van der Waals surface area contributed by atoms with Gasteiger partial charge in [0.05, 0.1) is 0 Å². The van der Waals surface area contributed by atoms with Crippen molar-refractivity contribution in [1.82, 2.24) is 4.90 Å². The third-order valence-corrected chi connectivity index (χ3v) is 4.93. The van der Waals surface area contributed by atoms with Crippen LogP contribution in [0.25, 0.3) is 0 Å². The summed E-state index contributed by atoms with van der Waals surface area (Å²) < 4.78 is 26.7. The number of rotatable bonds is 5. The van der Waals surface area contributed by atoms with Crippen molar-refractivity contribution in [2.24, 2.45) is 11.7 Å². The summed E-state index contributed by atoms with van der Waals surface area (Å²) >= 11 is 0. The van der Waals surface area contributed by atoms with Crippen LogP contribution in [0.15, 0.2) is 18.2 Å². The van der Waals surface area contributed by atoms with Gasteiger partial charge >= 0.3 is 0 Å². The molecular formula is C17H26F2N2. The van der Waals surface area contributed by atoms with Crippen LogP contribution in [-0.4, -0.2) is 23.5 Å². The van der Waals surface area contributed by atoms with Gasteiger partial charge in [-0.2, -0.15) is 0 Å². The van der Waals surface area contributed by atoms with Crippen LogP contribution < -0.4 is 5.73 Å². The Bertz CT molecular complexity index is 448. The zero-order valence-electron chi connectivity index (χ0n) is 13.0. The van der Waals surface area contributed by atoms with E-state index in [0.29, 0.717) is 18.7 Å². The van der Waals surface area contributed by atoms with Gasteiger partial charge in [-0.25, -0.2) is 8.78 Å². The minimum atomic E-state index is -0.514. The molecule has 21 heavy (non-hydrogen) atoms. The second-order valence-electron chi connectivity index (χ2n) is 6.40. The summed E-state index contributed by atoms with van der Waals surface area (Å²) in [6.07, 6.45) is 4.48. The van der Waals surface area contributed by atoms with Gasteiger partial charge in [-0.1, -0.05) is 13.8 Å². The van der Waals surface area contributed by atoms with Crippen LogP contribution in [0.1, 0.15) is 45.1 Å². The third kappa shape index (κ3) is 3.80. The van der Waals surface area contributed by atoms with Gasteiger partial charge in [-0.05, 0) is 55.8 Å². The standard InChI is InChI=1S/C17H26F2N2/c1-3-21(11-14-8-15(18)10-16(19)9-14)17(12-20)6-4-13(2)5-7-17/h8-10,13H,3-7,11-12,20H2,1-2H3. The van der Waals surface area contributed by atoms with Crippen LogP contribution in [0.5, 0.6) is 0 Å². The van der Waals surface area contributed by atoms with Gasteiger partial charge in [0.2, 0.25) is 0 Å². The number of hydrogen-bond donors (Lipinski definition) is 1. The summed E-state index contributed by atoms with van der Waals surface area (Å²) in [5.41, 5.74) is 6.74. The summed E-state index contributed by atoms with van der Waals surface area (Å²) in [6.45, 7) is 6.36. The van der Waals surface area contributed by atoms with Gasteiger partial charge in [0, 0.05) is 24.7 Å². The molecule has 1 aromatic rings. The number of likely N-dealkylation sites (N-methyl/N-ethyl adjacent to an activating group) is 1. The molecule has 1 aliphatic rings. The predicted octanol–water partition coefficient (Wildman–Crippen LogP) is 3.69. The third-order valence-electron chi connectivity index (χ3n) is 4.93. The monoisotopic (exact) mass is 296 g/mol. The molecule has 2 nitrogen and oxygen atoms in total. The molecule has 2 N–H and O–H groups in total. The van der Waals surface area contributed by atoms with Crippen LogP contribution in [0, 0.1) is 17.6 Å². The average molecular weight is 296 g/mol. The highest BCUT2D eigenvalue weighted by Gasteiger charge is 2.37. The maximum Gasteiger partial charge on any atom is 0.126 e. The molecule has 0 bridgehead atoms. The fourth-order valence-electron chi connectivity index (χ4n) is 3.49. The molecule has 118 valence electrons. The Balaban J connectivity index is 2.17. The lowest BCUT2D eigenvalue weighted by molar-refractivity contribution is 0.0422. The van der Waals surface area contributed by atoms with Crippen LogP contribution in [-0.2, 0) is 6.54 Å². The molecule has 0 unspecified atom stereocenters. The van der Waals surface area contributed by atoms with E-state index in [1.54, 1.807) is 0 Å². The van der Waals surface area contributed by atoms with E-state index in [2.05, 4.69) is 18.7 Å². The van der Waals surface area contributed by atoms with E-state index in [-0.39, 0.29) is 5.54 Å². The summed E-state index contributed by atoms with van der Waals surface area (Å²) in [6, 6.07) is 3.75. The van der Waals surface area contributed by atoms with E-state index in [9.17, 15) is 8.78 Å².